The van der Waals surface area contributed by atoms with Crippen LogP contribution in [-0.2, 0) is 0 Å². The molecule has 122 valence electrons. The highest BCUT2D eigenvalue weighted by Gasteiger charge is 2.14. The molecular weight excluding hydrogens is 345 g/mol. The van der Waals surface area contributed by atoms with Crippen molar-refractivity contribution in [2.24, 2.45) is 0 Å². The first-order chi connectivity index (χ1) is 11.4. The standard InChI is InChI=1S/C19H15Cl2NO2/c1-11-3-4-12(2)16(9-11)22-19(23)18-8-7-17(24-18)13-5-6-14(20)15(21)10-13/h3-10H,1-2H3,(H,22,23). The molecule has 0 saturated heterocycles. The molecule has 0 atom stereocenters. The maximum Gasteiger partial charge on any atom is 0.291 e. The van der Waals surface area contributed by atoms with E-state index < -0.39 is 0 Å². The highest BCUT2D eigenvalue weighted by Crippen LogP contribution is 2.30. The normalized spacial score (nSPS) is 10.7. The monoisotopic (exact) mass is 359 g/mol. The summed E-state index contributed by atoms with van der Waals surface area (Å²) in [6, 6.07) is 14.5. The number of carbonyl (C=O) groups excluding carboxylic acids is 1. The Hall–Kier alpha value is -2.23. The molecule has 3 rings (SSSR count). The van der Waals surface area contributed by atoms with Gasteiger partial charge in [-0.2, -0.15) is 0 Å². The van der Waals surface area contributed by atoms with Crippen molar-refractivity contribution >= 4 is 34.8 Å². The van der Waals surface area contributed by atoms with Crippen LogP contribution in [-0.4, -0.2) is 5.91 Å². The second-order valence-corrected chi connectivity index (χ2v) is 6.38. The van der Waals surface area contributed by atoms with E-state index in [0.29, 0.717) is 15.8 Å². The van der Waals surface area contributed by atoms with E-state index >= 15 is 0 Å². The Morgan fingerprint density at radius 2 is 1.75 bits per heavy atom. The molecule has 3 nitrogen and oxygen atoms in total. The molecule has 1 heterocycles. The Balaban J connectivity index is 1.83. The van der Waals surface area contributed by atoms with E-state index in [-0.39, 0.29) is 11.7 Å². The highest BCUT2D eigenvalue weighted by atomic mass is 35.5. The van der Waals surface area contributed by atoms with Gasteiger partial charge in [0.25, 0.3) is 5.91 Å². The van der Waals surface area contributed by atoms with Gasteiger partial charge in [-0.3, -0.25) is 4.79 Å². The summed E-state index contributed by atoms with van der Waals surface area (Å²) >= 11 is 11.9. The summed E-state index contributed by atoms with van der Waals surface area (Å²) in [5.74, 6) is 0.492. The number of nitrogens with one attached hydrogen (secondary N) is 1. The molecule has 0 radical (unpaired) electrons. The Morgan fingerprint density at radius 1 is 0.958 bits per heavy atom. The van der Waals surface area contributed by atoms with Gasteiger partial charge in [0.2, 0.25) is 0 Å². The van der Waals surface area contributed by atoms with Crippen molar-refractivity contribution in [1.29, 1.82) is 0 Å². The zero-order chi connectivity index (χ0) is 17.3. The van der Waals surface area contributed by atoms with Gasteiger partial charge in [-0.1, -0.05) is 35.3 Å². The minimum Gasteiger partial charge on any atom is -0.451 e. The fourth-order valence-corrected chi connectivity index (χ4v) is 2.62. The van der Waals surface area contributed by atoms with Gasteiger partial charge >= 0.3 is 0 Å². The van der Waals surface area contributed by atoms with Crippen molar-refractivity contribution in [1.82, 2.24) is 0 Å². The van der Waals surface area contributed by atoms with Gasteiger partial charge < -0.3 is 9.73 Å². The van der Waals surface area contributed by atoms with E-state index in [1.807, 2.05) is 32.0 Å². The topological polar surface area (TPSA) is 42.2 Å². The number of halogens is 2. The van der Waals surface area contributed by atoms with Crippen molar-refractivity contribution in [3.05, 3.63) is 75.5 Å². The lowest BCUT2D eigenvalue weighted by molar-refractivity contribution is 0.0997. The smallest absolute Gasteiger partial charge is 0.291 e. The van der Waals surface area contributed by atoms with Gasteiger partial charge in [0, 0.05) is 11.3 Å². The number of hydrogen-bond donors (Lipinski definition) is 1. The Morgan fingerprint density at radius 3 is 2.50 bits per heavy atom. The van der Waals surface area contributed by atoms with Gasteiger partial charge in [0.05, 0.1) is 10.0 Å². The maximum atomic E-state index is 12.4. The van der Waals surface area contributed by atoms with Crippen LogP contribution in [0.2, 0.25) is 10.0 Å². The van der Waals surface area contributed by atoms with E-state index in [4.69, 9.17) is 27.6 Å². The number of furan rings is 1. The van der Waals surface area contributed by atoms with Crippen LogP contribution < -0.4 is 5.32 Å². The van der Waals surface area contributed by atoms with E-state index in [9.17, 15) is 4.79 Å². The molecule has 0 unspecified atom stereocenters. The molecule has 2 aromatic carbocycles. The molecule has 5 heteroatoms. The molecular formula is C19H15Cl2NO2. The fourth-order valence-electron chi connectivity index (χ4n) is 2.32. The molecule has 0 bridgehead atoms. The molecule has 0 spiro atoms. The number of anilines is 1. The third-order valence-electron chi connectivity index (χ3n) is 3.68. The zero-order valence-electron chi connectivity index (χ0n) is 13.2. The largest absolute Gasteiger partial charge is 0.451 e. The van der Waals surface area contributed by atoms with Crippen molar-refractivity contribution in [2.45, 2.75) is 13.8 Å². The quantitative estimate of drug-likeness (QED) is 0.611. The number of amides is 1. The van der Waals surface area contributed by atoms with Gasteiger partial charge in [0.15, 0.2) is 5.76 Å². The second-order valence-electron chi connectivity index (χ2n) is 5.57. The number of aryl methyl sites for hydroxylation is 2. The third-order valence-corrected chi connectivity index (χ3v) is 4.41. The minimum atomic E-state index is -0.296. The molecule has 1 aromatic heterocycles. The van der Waals surface area contributed by atoms with E-state index in [0.717, 1.165) is 22.4 Å². The minimum absolute atomic E-state index is 0.233. The summed E-state index contributed by atoms with van der Waals surface area (Å²) < 4.78 is 5.65. The first-order valence-electron chi connectivity index (χ1n) is 7.38. The fraction of sp³-hybridized carbons (Fsp3) is 0.105. The molecule has 1 amide bonds. The number of benzene rings is 2. The van der Waals surface area contributed by atoms with E-state index in [2.05, 4.69) is 5.32 Å². The molecule has 3 aromatic rings. The second kappa shape index (κ2) is 6.71. The molecule has 0 aliphatic carbocycles. The average Bonchev–Trinajstić information content (AvgIpc) is 3.03. The lowest BCUT2D eigenvalue weighted by atomic mass is 10.1. The van der Waals surface area contributed by atoms with Gasteiger partial charge in [-0.15, -0.1) is 0 Å². The van der Waals surface area contributed by atoms with Crippen LogP contribution >= 0.6 is 23.2 Å². The Bertz CT molecular complexity index is 915. The van der Waals surface area contributed by atoms with Crippen LogP contribution in [0.4, 0.5) is 5.69 Å². The molecule has 0 saturated carbocycles. The van der Waals surface area contributed by atoms with E-state index in [1.54, 1.807) is 30.3 Å². The molecule has 24 heavy (non-hydrogen) atoms. The maximum absolute atomic E-state index is 12.4. The lowest BCUT2D eigenvalue weighted by Crippen LogP contribution is -2.11. The molecule has 0 fully saturated rings. The molecule has 1 N–H and O–H groups in total. The summed E-state index contributed by atoms with van der Waals surface area (Å²) in [5.41, 5.74) is 3.60. The van der Waals surface area contributed by atoms with Crippen LogP contribution in [0.1, 0.15) is 21.7 Å². The SMILES string of the molecule is Cc1ccc(C)c(NC(=O)c2ccc(-c3ccc(Cl)c(Cl)c3)o2)c1. The summed E-state index contributed by atoms with van der Waals surface area (Å²) in [4.78, 5) is 12.4. The first-order valence-corrected chi connectivity index (χ1v) is 8.13. The summed E-state index contributed by atoms with van der Waals surface area (Å²) in [6.07, 6.45) is 0. The number of hydrogen-bond acceptors (Lipinski definition) is 2. The predicted octanol–water partition coefficient (Wildman–Crippen LogP) is 6.12. The zero-order valence-corrected chi connectivity index (χ0v) is 14.7. The van der Waals surface area contributed by atoms with Crippen LogP contribution in [0.25, 0.3) is 11.3 Å². The molecule has 0 aliphatic heterocycles. The van der Waals surface area contributed by atoms with Crippen LogP contribution in [0.5, 0.6) is 0 Å². The average molecular weight is 360 g/mol. The van der Waals surface area contributed by atoms with Gasteiger partial charge in [0.1, 0.15) is 5.76 Å². The highest BCUT2D eigenvalue weighted by molar-refractivity contribution is 6.42. The summed E-state index contributed by atoms with van der Waals surface area (Å²) in [7, 11) is 0. The van der Waals surface area contributed by atoms with Crippen molar-refractivity contribution < 1.29 is 9.21 Å². The van der Waals surface area contributed by atoms with Crippen LogP contribution in [0, 0.1) is 13.8 Å². The van der Waals surface area contributed by atoms with Crippen molar-refractivity contribution in [3.63, 3.8) is 0 Å². The summed E-state index contributed by atoms with van der Waals surface area (Å²) in [6.45, 7) is 3.92. The lowest BCUT2D eigenvalue weighted by Gasteiger charge is -2.08. The van der Waals surface area contributed by atoms with Gasteiger partial charge in [-0.05, 0) is 61.4 Å². The molecule has 0 aliphatic rings. The Labute approximate surface area is 150 Å². The Kier molecular flexibility index (Phi) is 4.65. The number of rotatable bonds is 3. The van der Waals surface area contributed by atoms with Gasteiger partial charge in [-0.25, -0.2) is 0 Å². The third kappa shape index (κ3) is 3.48. The van der Waals surface area contributed by atoms with E-state index in [1.165, 1.54) is 0 Å². The number of carbonyl (C=O) groups is 1. The van der Waals surface area contributed by atoms with Crippen LogP contribution in [0.3, 0.4) is 0 Å². The van der Waals surface area contributed by atoms with Crippen molar-refractivity contribution in [3.8, 4) is 11.3 Å². The van der Waals surface area contributed by atoms with Crippen LogP contribution in [0.15, 0.2) is 52.9 Å². The predicted molar refractivity (Wildman–Crippen MR) is 98.0 cm³/mol. The first kappa shape index (κ1) is 16.6. The van der Waals surface area contributed by atoms with Crippen molar-refractivity contribution in [2.75, 3.05) is 5.32 Å². The summed E-state index contributed by atoms with van der Waals surface area (Å²) in [5, 5.41) is 3.78.